The molecule has 1 fully saturated rings. The van der Waals surface area contributed by atoms with Crippen molar-refractivity contribution < 1.29 is 23.7 Å². The van der Waals surface area contributed by atoms with Crippen LogP contribution in [0.2, 0.25) is 0 Å². The SMILES string of the molecule is O=C(Nc1ccc(SO)cc1)Nc1cccc2c(C(=O)C(=O)N3CCN(C(=O)c4ccccc4)CC3)c[nH]c12. The van der Waals surface area contributed by atoms with Crippen LogP contribution in [0.25, 0.3) is 10.9 Å². The monoisotopic (exact) mass is 543 g/mol. The van der Waals surface area contributed by atoms with E-state index in [-0.39, 0.29) is 24.6 Å². The number of aromatic amines is 1. The Morgan fingerprint density at radius 2 is 1.49 bits per heavy atom. The molecular weight excluding hydrogens is 518 g/mol. The number of aromatic nitrogens is 1. The molecule has 5 rings (SSSR count). The van der Waals surface area contributed by atoms with Crippen LogP contribution >= 0.6 is 12.0 Å². The number of H-pyrrole nitrogens is 1. The van der Waals surface area contributed by atoms with Gasteiger partial charge in [-0.2, -0.15) is 0 Å². The highest BCUT2D eigenvalue weighted by Gasteiger charge is 2.30. The molecule has 1 aliphatic rings. The summed E-state index contributed by atoms with van der Waals surface area (Å²) in [5.41, 5.74) is 2.28. The quantitative estimate of drug-likeness (QED) is 0.160. The van der Waals surface area contributed by atoms with Crippen LogP contribution in [0.1, 0.15) is 20.7 Å². The molecule has 1 aromatic heterocycles. The molecule has 1 saturated heterocycles. The van der Waals surface area contributed by atoms with Crippen LogP contribution in [-0.2, 0) is 4.79 Å². The molecule has 2 heterocycles. The summed E-state index contributed by atoms with van der Waals surface area (Å²) in [6, 6.07) is 20.2. The highest BCUT2D eigenvalue weighted by Crippen LogP contribution is 2.27. The normalized spacial score (nSPS) is 13.3. The summed E-state index contributed by atoms with van der Waals surface area (Å²) in [7, 11) is 0. The molecule has 0 saturated carbocycles. The molecule has 1 aliphatic heterocycles. The number of ketones is 1. The fourth-order valence-electron chi connectivity index (χ4n) is 4.46. The summed E-state index contributed by atoms with van der Waals surface area (Å²) < 4.78 is 9.08. The predicted octanol–water partition coefficient (Wildman–Crippen LogP) is 4.54. The molecule has 10 nitrogen and oxygen atoms in total. The molecule has 3 aromatic carbocycles. The second-order valence-electron chi connectivity index (χ2n) is 8.90. The first-order valence-electron chi connectivity index (χ1n) is 12.2. The van der Waals surface area contributed by atoms with Crippen LogP contribution in [0, 0.1) is 0 Å². The molecule has 11 heteroatoms. The van der Waals surface area contributed by atoms with Gasteiger partial charge in [-0.05, 0) is 42.5 Å². The van der Waals surface area contributed by atoms with Gasteiger partial charge in [0.15, 0.2) is 0 Å². The van der Waals surface area contributed by atoms with Crippen molar-refractivity contribution in [3.05, 3.63) is 90.1 Å². The lowest BCUT2D eigenvalue weighted by Gasteiger charge is -2.34. The van der Waals surface area contributed by atoms with E-state index < -0.39 is 17.7 Å². The second kappa shape index (κ2) is 11.4. The van der Waals surface area contributed by atoms with Gasteiger partial charge in [0.2, 0.25) is 0 Å². The molecule has 39 heavy (non-hydrogen) atoms. The Labute approximate surface area is 228 Å². The maximum Gasteiger partial charge on any atom is 0.323 e. The van der Waals surface area contributed by atoms with Crippen LogP contribution < -0.4 is 10.6 Å². The fraction of sp³-hybridized carbons (Fsp3) is 0.143. The van der Waals surface area contributed by atoms with Gasteiger partial charge in [0, 0.05) is 66.0 Å². The lowest BCUT2D eigenvalue weighted by Crippen LogP contribution is -2.52. The number of para-hydroxylation sites is 1. The van der Waals surface area contributed by atoms with E-state index in [0.717, 1.165) is 0 Å². The number of fused-ring (bicyclic) bond motifs is 1. The van der Waals surface area contributed by atoms with E-state index >= 15 is 0 Å². The number of hydrogen-bond donors (Lipinski definition) is 4. The van der Waals surface area contributed by atoms with Crippen molar-refractivity contribution in [2.75, 3.05) is 36.8 Å². The van der Waals surface area contributed by atoms with Gasteiger partial charge in [0.05, 0.1) is 16.8 Å². The van der Waals surface area contributed by atoms with Gasteiger partial charge < -0.3 is 30.0 Å². The minimum Gasteiger partial charge on any atom is -0.359 e. The smallest absolute Gasteiger partial charge is 0.323 e. The third kappa shape index (κ3) is 5.64. The zero-order valence-electron chi connectivity index (χ0n) is 20.7. The highest BCUT2D eigenvalue weighted by molar-refractivity contribution is 7.93. The summed E-state index contributed by atoms with van der Waals surface area (Å²) in [5, 5.41) is 5.97. The van der Waals surface area contributed by atoms with Gasteiger partial charge in [-0.1, -0.05) is 30.3 Å². The fourth-order valence-corrected chi connectivity index (χ4v) is 4.72. The van der Waals surface area contributed by atoms with Crippen molar-refractivity contribution in [2.45, 2.75) is 4.90 Å². The van der Waals surface area contributed by atoms with Crippen molar-refractivity contribution in [3.8, 4) is 0 Å². The number of benzene rings is 3. The Bertz CT molecular complexity index is 1530. The molecule has 0 spiro atoms. The average molecular weight is 544 g/mol. The topological polar surface area (TPSA) is 135 Å². The molecule has 198 valence electrons. The molecule has 4 amide bonds. The first kappa shape index (κ1) is 26.0. The van der Waals surface area contributed by atoms with E-state index in [2.05, 4.69) is 15.6 Å². The zero-order valence-corrected chi connectivity index (χ0v) is 21.5. The number of rotatable bonds is 6. The summed E-state index contributed by atoms with van der Waals surface area (Å²) >= 11 is 0.614. The summed E-state index contributed by atoms with van der Waals surface area (Å²) in [5.74, 6) is -1.40. The summed E-state index contributed by atoms with van der Waals surface area (Å²) in [6.45, 7) is 1.20. The molecule has 0 radical (unpaired) electrons. The molecule has 0 unspecified atom stereocenters. The van der Waals surface area contributed by atoms with Gasteiger partial charge >= 0.3 is 6.03 Å². The maximum absolute atomic E-state index is 13.2. The summed E-state index contributed by atoms with van der Waals surface area (Å²) in [4.78, 5) is 58.3. The van der Waals surface area contributed by atoms with Crippen LogP contribution in [0.4, 0.5) is 16.2 Å². The second-order valence-corrected chi connectivity index (χ2v) is 9.56. The Morgan fingerprint density at radius 1 is 0.795 bits per heavy atom. The van der Waals surface area contributed by atoms with Crippen molar-refractivity contribution in [1.82, 2.24) is 14.8 Å². The molecule has 4 aromatic rings. The number of urea groups is 1. The number of nitrogens with one attached hydrogen (secondary N) is 3. The lowest BCUT2D eigenvalue weighted by molar-refractivity contribution is -0.127. The van der Waals surface area contributed by atoms with Crippen LogP contribution in [0.5, 0.6) is 0 Å². The van der Waals surface area contributed by atoms with E-state index in [0.29, 0.717) is 57.9 Å². The third-order valence-corrected chi connectivity index (χ3v) is 6.98. The Morgan fingerprint density at radius 3 is 2.18 bits per heavy atom. The maximum atomic E-state index is 13.2. The van der Waals surface area contributed by atoms with E-state index in [1.165, 1.54) is 11.1 Å². The first-order valence-corrected chi connectivity index (χ1v) is 13.0. The number of carbonyl (C=O) groups is 4. The number of anilines is 2. The molecule has 4 N–H and O–H groups in total. The minimum atomic E-state index is -0.660. The van der Waals surface area contributed by atoms with E-state index in [1.54, 1.807) is 71.6 Å². The van der Waals surface area contributed by atoms with E-state index in [1.807, 2.05) is 6.07 Å². The molecule has 0 bridgehead atoms. The van der Waals surface area contributed by atoms with Gasteiger partial charge in [-0.15, -0.1) is 0 Å². The predicted molar refractivity (Wildman–Crippen MR) is 149 cm³/mol. The van der Waals surface area contributed by atoms with Crippen molar-refractivity contribution in [1.29, 1.82) is 0 Å². The van der Waals surface area contributed by atoms with E-state index in [9.17, 15) is 19.2 Å². The number of hydrogen-bond acceptors (Lipinski definition) is 6. The minimum absolute atomic E-state index is 0.101. The highest BCUT2D eigenvalue weighted by atomic mass is 32.2. The standard InChI is InChI=1S/C28H25N5O5S/c34-25(27(36)33-15-13-32(14-16-33)26(35)18-5-2-1-3-6-18)22-17-29-24-21(22)7-4-8-23(24)31-28(37)30-19-9-11-20(39-38)12-10-19/h1-12,17,29,38H,13-16H2,(H2,30,31,37). The Kier molecular flexibility index (Phi) is 7.62. The molecule has 0 atom stereocenters. The average Bonchev–Trinajstić information content (AvgIpc) is 3.42. The Hall–Kier alpha value is -4.61. The van der Waals surface area contributed by atoms with Crippen LogP contribution in [-0.4, -0.2) is 69.1 Å². The third-order valence-electron chi connectivity index (χ3n) is 6.49. The Balaban J connectivity index is 1.23. The van der Waals surface area contributed by atoms with Crippen LogP contribution in [0.3, 0.4) is 0 Å². The summed E-state index contributed by atoms with van der Waals surface area (Å²) in [6.07, 6.45) is 1.47. The number of carbonyl (C=O) groups excluding carboxylic acids is 4. The van der Waals surface area contributed by atoms with E-state index in [4.69, 9.17) is 4.55 Å². The zero-order chi connectivity index (χ0) is 27.4. The van der Waals surface area contributed by atoms with Gasteiger partial charge in [0.1, 0.15) is 0 Å². The lowest BCUT2D eigenvalue weighted by atomic mass is 10.1. The number of Topliss-reactive ketones (excluding diaryl/α,β-unsaturated/α-hetero) is 1. The van der Waals surface area contributed by atoms with Gasteiger partial charge in [-0.3, -0.25) is 14.4 Å². The van der Waals surface area contributed by atoms with Crippen molar-refractivity contribution in [3.63, 3.8) is 0 Å². The molecular formula is C28H25N5O5S. The molecule has 0 aliphatic carbocycles. The van der Waals surface area contributed by atoms with Crippen molar-refractivity contribution in [2.24, 2.45) is 0 Å². The van der Waals surface area contributed by atoms with Crippen LogP contribution in [0.15, 0.2) is 83.9 Å². The largest absolute Gasteiger partial charge is 0.359 e. The van der Waals surface area contributed by atoms with Gasteiger partial charge in [0.25, 0.3) is 17.6 Å². The number of piperazine rings is 1. The first-order chi connectivity index (χ1) is 18.9. The number of nitrogens with zero attached hydrogens (tertiary/aromatic N) is 2. The number of amides is 4. The van der Waals surface area contributed by atoms with Crippen molar-refractivity contribution >= 4 is 57.9 Å². The van der Waals surface area contributed by atoms with Gasteiger partial charge in [-0.25, -0.2) is 4.79 Å².